The van der Waals surface area contributed by atoms with Crippen molar-refractivity contribution >= 4 is 35.2 Å². The second-order valence-electron chi connectivity index (χ2n) is 5.93. The number of nitrogens with one attached hydrogen (secondary N) is 1. The summed E-state index contributed by atoms with van der Waals surface area (Å²) in [4.78, 5) is 38.2. The summed E-state index contributed by atoms with van der Waals surface area (Å²) >= 11 is 1.46. The molecular weight excluding hydrogens is 316 g/mol. The number of carbonyl (C=O) groups is 3. The first-order valence-electron chi connectivity index (χ1n) is 7.54. The second kappa shape index (κ2) is 5.88. The number of aliphatic carboxylic acids is 1. The molecule has 0 radical (unpaired) electrons. The topological polar surface area (TPSA) is 86.7 Å². The van der Waals surface area contributed by atoms with Gasteiger partial charge in [-0.25, -0.2) is 0 Å². The van der Waals surface area contributed by atoms with Gasteiger partial charge in [-0.3, -0.25) is 14.4 Å². The molecule has 3 atom stereocenters. The van der Waals surface area contributed by atoms with Crippen LogP contribution in [0.2, 0.25) is 0 Å². The van der Waals surface area contributed by atoms with Gasteiger partial charge in [0, 0.05) is 23.0 Å². The smallest absolute Gasteiger partial charge is 0.308 e. The maximum Gasteiger partial charge on any atom is 0.308 e. The normalized spacial score (nSPS) is 26.6. The van der Waals surface area contributed by atoms with Crippen molar-refractivity contribution < 1.29 is 19.5 Å². The molecule has 0 spiro atoms. The molecule has 1 fully saturated rings. The van der Waals surface area contributed by atoms with Crippen LogP contribution in [-0.4, -0.2) is 45.6 Å². The van der Waals surface area contributed by atoms with E-state index in [-0.39, 0.29) is 23.1 Å². The average molecular weight is 334 g/mol. The van der Waals surface area contributed by atoms with Gasteiger partial charge >= 0.3 is 5.97 Å². The lowest BCUT2D eigenvalue weighted by molar-refractivity contribution is -0.142. The number of carbonyl (C=O) groups excluding carboxylic acids is 2. The summed E-state index contributed by atoms with van der Waals surface area (Å²) < 4.78 is 0. The fourth-order valence-corrected chi connectivity index (χ4v) is 3.99. The molecule has 1 saturated heterocycles. The number of rotatable bonds is 2. The van der Waals surface area contributed by atoms with Gasteiger partial charge in [0.15, 0.2) is 0 Å². The molecule has 3 rings (SSSR count). The molecule has 1 aromatic rings. The third kappa shape index (κ3) is 2.81. The predicted molar refractivity (Wildman–Crippen MR) is 86.6 cm³/mol. The first kappa shape index (κ1) is 15.9. The number of benzene rings is 1. The lowest BCUT2D eigenvalue weighted by Gasteiger charge is -2.25. The van der Waals surface area contributed by atoms with Crippen molar-refractivity contribution in [3.63, 3.8) is 0 Å². The van der Waals surface area contributed by atoms with Crippen LogP contribution in [-0.2, 0) is 9.59 Å². The molecule has 23 heavy (non-hydrogen) atoms. The third-order valence-electron chi connectivity index (χ3n) is 4.49. The number of thioether (sulfide) groups is 1. The van der Waals surface area contributed by atoms with Crippen LogP contribution < -0.4 is 5.32 Å². The summed E-state index contributed by atoms with van der Waals surface area (Å²) in [6.07, 6.45) is 0.470. The van der Waals surface area contributed by atoms with Crippen LogP contribution in [0, 0.1) is 5.92 Å². The van der Waals surface area contributed by atoms with Crippen LogP contribution in [0.4, 0.5) is 5.69 Å². The largest absolute Gasteiger partial charge is 0.481 e. The van der Waals surface area contributed by atoms with Crippen LogP contribution in [0.5, 0.6) is 0 Å². The molecule has 2 aliphatic rings. The zero-order valence-electron chi connectivity index (χ0n) is 12.9. The Morgan fingerprint density at radius 3 is 2.74 bits per heavy atom. The molecule has 2 amide bonds. The Bertz CT molecular complexity index is 691. The van der Waals surface area contributed by atoms with Crippen molar-refractivity contribution in [2.45, 2.75) is 36.5 Å². The molecule has 0 saturated carbocycles. The Labute approximate surface area is 138 Å². The SMILES string of the molecule is CC1Sc2ccc(C(=O)N3CCC(C(=O)O)C3C)cc2NC1=O. The van der Waals surface area contributed by atoms with E-state index in [1.165, 1.54) is 11.8 Å². The van der Waals surface area contributed by atoms with E-state index in [1.807, 2.05) is 13.0 Å². The first-order valence-corrected chi connectivity index (χ1v) is 8.42. The maximum atomic E-state index is 12.7. The van der Waals surface area contributed by atoms with Crippen LogP contribution in [0.3, 0.4) is 0 Å². The first-order chi connectivity index (χ1) is 10.9. The molecule has 7 heteroatoms. The zero-order chi connectivity index (χ0) is 16.7. The summed E-state index contributed by atoms with van der Waals surface area (Å²) in [6, 6.07) is 4.91. The minimum atomic E-state index is -0.865. The van der Waals surface area contributed by atoms with Gasteiger partial charge in [0.05, 0.1) is 16.9 Å². The van der Waals surface area contributed by atoms with E-state index < -0.39 is 11.9 Å². The second-order valence-corrected chi connectivity index (χ2v) is 7.32. The van der Waals surface area contributed by atoms with Crippen LogP contribution in [0.1, 0.15) is 30.6 Å². The predicted octanol–water partition coefficient (Wildman–Crippen LogP) is 2.05. The Morgan fingerprint density at radius 1 is 1.35 bits per heavy atom. The highest BCUT2D eigenvalue weighted by atomic mass is 32.2. The standard InChI is InChI=1S/C16H18N2O4S/c1-8-11(16(21)22)5-6-18(8)15(20)10-3-4-13-12(7-10)17-14(19)9(2)23-13/h3-4,7-9,11H,5-6H2,1-2H3,(H,17,19)(H,21,22). The summed E-state index contributed by atoms with van der Waals surface area (Å²) in [7, 11) is 0. The zero-order valence-corrected chi connectivity index (χ0v) is 13.7. The van der Waals surface area contributed by atoms with Crippen molar-refractivity contribution in [1.29, 1.82) is 0 Å². The number of nitrogens with zero attached hydrogens (tertiary/aromatic N) is 1. The molecule has 0 aromatic heterocycles. The Morgan fingerprint density at radius 2 is 2.09 bits per heavy atom. The van der Waals surface area contributed by atoms with Gasteiger partial charge in [0.2, 0.25) is 5.91 Å². The van der Waals surface area contributed by atoms with Crippen LogP contribution >= 0.6 is 11.8 Å². The van der Waals surface area contributed by atoms with Crippen molar-refractivity contribution in [3.8, 4) is 0 Å². The Kier molecular flexibility index (Phi) is 4.06. The van der Waals surface area contributed by atoms with Crippen LogP contribution in [0.25, 0.3) is 0 Å². The molecule has 2 N–H and O–H groups in total. The lowest BCUT2D eigenvalue weighted by Crippen LogP contribution is -2.37. The lowest BCUT2D eigenvalue weighted by atomic mass is 10.0. The van der Waals surface area contributed by atoms with E-state index in [2.05, 4.69) is 5.32 Å². The Balaban J connectivity index is 1.83. The highest BCUT2D eigenvalue weighted by Gasteiger charge is 2.38. The van der Waals surface area contributed by atoms with E-state index in [0.29, 0.717) is 24.2 Å². The number of hydrogen-bond acceptors (Lipinski definition) is 4. The average Bonchev–Trinajstić information content (AvgIpc) is 2.89. The van der Waals surface area contributed by atoms with Gasteiger partial charge in [-0.05, 0) is 38.5 Å². The van der Waals surface area contributed by atoms with E-state index in [1.54, 1.807) is 24.0 Å². The molecule has 122 valence electrons. The fraction of sp³-hybridized carbons (Fsp3) is 0.438. The highest BCUT2D eigenvalue weighted by molar-refractivity contribution is 8.00. The summed E-state index contributed by atoms with van der Waals surface area (Å²) in [5.41, 5.74) is 1.11. The quantitative estimate of drug-likeness (QED) is 0.864. The number of hydrogen-bond donors (Lipinski definition) is 2. The fourth-order valence-electron chi connectivity index (χ4n) is 3.06. The van der Waals surface area contributed by atoms with Crippen molar-refractivity contribution in [3.05, 3.63) is 23.8 Å². The van der Waals surface area contributed by atoms with Crippen molar-refractivity contribution in [2.75, 3.05) is 11.9 Å². The molecule has 2 aliphatic heterocycles. The minimum absolute atomic E-state index is 0.0763. The van der Waals surface area contributed by atoms with Gasteiger partial charge in [-0.1, -0.05) is 0 Å². The van der Waals surface area contributed by atoms with Gasteiger partial charge in [-0.2, -0.15) is 0 Å². The van der Waals surface area contributed by atoms with E-state index in [4.69, 9.17) is 0 Å². The number of carboxylic acids is 1. The Hall–Kier alpha value is -2.02. The molecule has 0 bridgehead atoms. The molecule has 3 unspecified atom stereocenters. The van der Waals surface area contributed by atoms with E-state index >= 15 is 0 Å². The third-order valence-corrected chi connectivity index (χ3v) is 5.67. The monoisotopic (exact) mass is 334 g/mol. The molecule has 0 aliphatic carbocycles. The van der Waals surface area contributed by atoms with E-state index in [0.717, 1.165) is 4.90 Å². The maximum absolute atomic E-state index is 12.7. The van der Waals surface area contributed by atoms with Crippen LogP contribution in [0.15, 0.2) is 23.1 Å². The molecular formula is C16H18N2O4S. The van der Waals surface area contributed by atoms with Gasteiger partial charge in [0.25, 0.3) is 5.91 Å². The molecule has 1 aromatic carbocycles. The van der Waals surface area contributed by atoms with Crippen molar-refractivity contribution in [2.24, 2.45) is 5.92 Å². The van der Waals surface area contributed by atoms with Crippen molar-refractivity contribution in [1.82, 2.24) is 4.90 Å². The minimum Gasteiger partial charge on any atom is -0.481 e. The van der Waals surface area contributed by atoms with Gasteiger partial charge in [0.1, 0.15) is 0 Å². The number of likely N-dealkylation sites (tertiary alicyclic amines) is 1. The number of fused-ring (bicyclic) bond motifs is 1. The number of anilines is 1. The van der Waals surface area contributed by atoms with Gasteiger partial charge in [-0.15, -0.1) is 11.8 Å². The summed E-state index contributed by atoms with van der Waals surface area (Å²) in [5, 5.41) is 11.8. The molecule has 6 nitrogen and oxygen atoms in total. The number of amides is 2. The summed E-state index contributed by atoms with van der Waals surface area (Å²) in [5.74, 6) is -1.65. The molecule has 2 heterocycles. The summed E-state index contributed by atoms with van der Waals surface area (Å²) in [6.45, 7) is 4.04. The van der Waals surface area contributed by atoms with Gasteiger partial charge < -0.3 is 15.3 Å². The van der Waals surface area contributed by atoms with E-state index in [9.17, 15) is 19.5 Å². The highest BCUT2D eigenvalue weighted by Crippen LogP contribution is 2.36. The number of carboxylic acid groups (broad SMARTS) is 1.